The summed E-state index contributed by atoms with van der Waals surface area (Å²) < 4.78 is 14.1. The van der Waals surface area contributed by atoms with E-state index in [-0.39, 0.29) is 12.0 Å². The fourth-order valence-corrected chi connectivity index (χ4v) is 2.85. The molecule has 1 aromatic rings. The Morgan fingerprint density at radius 1 is 1.50 bits per heavy atom. The molecule has 0 heterocycles. The lowest BCUT2D eigenvalue weighted by Gasteiger charge is -2.33. The van der Waals surface area contributed by atoms with Gasteiger partial charge in [-0.3, -0.25) is 10.1 Å². The van der Waals surface area contributed by atoms with Crippen LogP contribution in [0, 0.1) is 38.6 Å². The Kier molecular flexibility index (Phi) is 4.03. The van der Waals surface area contributed by atoms with E-state index >= 15 is 0 Å². The van der Waals surface area contributed by atoms with Crippen molar-refractivity contribution in [2.24, 2.45) is 11.3 Å². The Morgan fingerprint density at radius 2 is 2.15 bits per heavy atom. The normalized spacial score (nSPS) is 25.9. The number of rotatable bonds is 3. The Bertz CT molecular complexity index is 557. The molecule has 0 N–H and O–H groups in total. The van der Waals surface area contributed by atoms with E-state index in [1.54, 1.807) is 6.07 Å². The average molecular weight is 276 g/mol. The molecule has 0 saturated heterocycles. The van der Waals surface area contributed by atoms with Gasteiger partial charge in [-0.05, 0) is 43.6 Å². The summed E-state index contributed by atoms with van der Waals surface area (Å²) in [6.07, 6.45) is 3.61. The van der Waals surface area contributed by atoms with Crippen LogP contribution < -0.4 is 0 Å². The van der Waals surface area contributed by atoms with Crippen LogP contribution in [0.2, 0.25) is 0 Å². The van der Waals surface area contributed by atoms with Crippen molar-refractivity contribution in [3.63, 3.8) is 0 Å². The summed E-state index contributed by atoms with van der Waals surface area (Å²) in [4.78, 5) is 10.0. The zero-order valence-corrected chi connectivity index (χ0v) is 11.4. The van der Waals surface area contributed by atoms with E-state index in [2.05, 4.69) is 13.0 Å². The van der Waals surface area contributed by atoms with Gasteiger partial charge in [0.25, 0.3) is 0 Å². The molecular formula is C15H17FN2O2. The largest absolute Gasteiger partial charge is 0.305 e. The average Bonchev–Trinajstić information content (AvgIpc) is 2.43. The fourth-order valence-electron chi connectivity index (χ4n) is 2.85. The molecule has 1 fully saturated rings. The third-order valence-electron chi connectivity index (χ3n) is 4.25. The van der Waals surface area contributed by atoms with Gasteiger partial charge in [0.15, 0.2) is 0 Å². The maximum atomic E-state index is 14.1. The first kappa shape index (κ1) is 14.4. The van der Waals surface area contributed by atoms with Crippen LogP contribution >= 0.6 is 0 Å². The SMILES string of the molecule is CC1CCC(C#N)(Cc2cccc([N+](=O)[O-])c2F)CC1. The number of nitriles is 1. The smallest absolute Gasteiger partial charge is 0.258 e. The van der Waals surface area contributed by atoms with Crippen molar-refractivity contribution in [1.82, 2.24) is 0 Å². The molecule has 0 radical (unpaired) electrons. The second-order valence-electron chi connectivity index (χ2n) is 5.76. The molecule has 0 aliphatic heterocycles. The summed E-state index contributed by atoms with van der Waals surface area (Å²) in [6.45, 7) is 2.15. The molecule has 1 aliphatic rings. The molecule has 0 spiro atoms. The second-order valence-corrected chi connectivity index (χ2v) is 5.76. The van der Waals surface area contributed by atoms with Crippen LogP contribution in [0.25, 0.3) is 0 Å². The van der Waals surface area contributed by atoms with E-state index in [9.17, 15) is 19.8 Å². The molecule has 106 valence electrons. The van der Waals surface area contributed by atoms with Gasteiger partial charge < -0.3 is 0 Å². The van der Waals surface area contributed by atoms with Gasteiger partial charge in [0.05, 0.1) is 16.4 Å². The van der Waals surface area contributed by atoms with Gasteiger partial charge in [-0.1, -0.05) is 19.1 Å². The summed E-state index contributed by atoms with van der Waals surface area (Å²) in [5.41, 5.74) is -0.821. The van der Waals surface area contributed by atoms with E-state index in [0.29, 0.717) is 5.92 Å². The number of nitrogens with zero attached hydrogens (tertiary/aromatic N) is 2. The van der Waals surface area contributed by atoms with E-state index in [1.807, 2.05) is 0 Å². The van der Waals surface area contributed by atoms with Gasteiger partial charge in [0, 0.05) is 6.07 Å². The third-order valence-corrected chi connectivity index (χ3v) is 4.25. The van der Waals surface area contributed by atoms with Crippen molar-refractivity contribution in [2.45, 2.75) is 39.0 Å². The molecule has 1 saturated carbocycles. The molecule has 0 amide bonds. The molecule has 20 heavy (non-hydrogen) atoms. The first-order valence-electron chi connectivity index (χ1n) is 6.80. The van der Waals surface area contributed by atoms with Crippen LogP contribution in [0.3, 0.4) is 0 Å². The summed E-state index contributed by atoms with van der Waals surface area (Å²) in [5.74, 6) is -0.211. The van der Waals surface area contributed by atoms with E-state index in [0.717, 1.165) is 31.7 Å². The molecule has 4 nitrogen and oxygen atoms in total. The molecule has 1 aromatic carbocycles. The van der Waals surface area contributed by atoms with Crippen molar-refractivity contribution in [3.8, 4) is 6.07 Å². The molecule has 0 unspecified atom stereocenters. The quantitative estimate of drug-likeness (QED) is 0.619. The highest BCUT2D eigenvalue weighted by Gasteiger charge is 2.36. The van der Waals surface area contributed by atoms with Gasteiger partial charge in [0.2, 0.25) is 5.82 Å². The molecule has 2 rings (SSSR count). The Labute approximate surface area is 117 Å². The van der Waals surface area contributed by atoms with Gasteiger partial charge in [-0.2, -0.15) is 9.65 Å². The lowest BCUT2D eigenvalue weighted by Crippen LogP contribution is -2.28. The first-order valence-corrected chi connectivity index (χ1v) is 6.80. The highest BCUT2D eigenvalue weighted by Crippen LogP contribution is 2.41. The molecular weight excluding hydrogens is 259 g/mol. The topological polar surface area (TPSA) is 66.9 Å². The highest BCUT2D eigenvalue weighted by atomic mass is 19.1. The lowest BCUT2D eigenvalue weighted by atomic mass is 9.69. The van der Waals surface area contributed by atoms with Crippen LogP contribution in [0.4, 0.5) is 10.1 Å². The van der Waals surface area contributed by atoms with E-state index in [1.165, 1.54) is 6.07 Å². The monoisotopic (exact) mass is 276 g/mol. The molecule has 5 heteroatoms. The van der Waals surface area contributed by atoms with Gasteiger partial charge in [-0.15, -0.1) is 0 Å². The fraction of sp³-hybridized carbons (Fsp3) is 0.533. The molecule has 0 bridgehead atoms. The minimum atomic E-state index is -0.800. The summed E-state index contributed by atoms with van der Waals surface area (Å²) in [6, 6.07) is 6.50. The number of halogens is 1. The van der Waals surface area contributed by atoms with Crippen LogP contribution in [0.15, 0.2) is 18.2 Å². The van der Waals surface area contributed by atoms with Crippen molar-refractivity contribution < 1.29 is 9.31 Å². The minimum absolute atomic E-state index is 0.254. The number of hydrogen-bond acceptors (Lipinski definition) is 3. The Morgan fingerprint density at radius 3 is 2.70 bits per heavy atom. The number of hydrogen-bond donors (Lipinski definition) is 0. The highest BCUT2D eigenvalue weighted by molar-refractivity contribution is 5.37. The predicted molar refractivity (Wildman–Crippen MR) is 72.4 cm³/mol. The van der Waals surface area contributed by atoms with Crippen LogP contribution in [0.1, 0.15) is 38.2 Å². The standard InChI is InChI=1S/C15H17FN2O2/c1-11-5-7-15(10-17,8-6-11)9-12-3-2-4-13(14(12)16)18(19)20/h2-4,11H,5-9H2,1H3. The van der Waals surface area contributed by atoms with Crippen LogP contribution in [-0.4, -0.2) is 4.92 Å². The predicted octanol–water partition coefficient (Wildman–Crippen LogP) is 4.00. The number of benzene rings is 1. The van der Waals surface area contributed by atoms with Crippen molar-refractivity contribution in [3.05, 3.63) is 39.7 Å². The number of nitro groups is 1. The third kappa shape index (κ3) is 2.79. The van der Waals surface area contributed by atoms with Crippen molar-refractivity contribution in [1.29, 1.82) is 5.26 Å². The molecule has 1 aliphatic carbocycles. The number of nitro benzene ring substituents is 1. The van der Waals surface area contributed by atoms with E-state index < -0.39 is 21.8 Å². The zero-order valence-electron chi connectivity index (χ0n) is 11.4. The minimum Gasteiger partial charge on any atom is -0.258 e. The van der Waals surface area contributed by atoms with Crippen molar-refractivity contribution >= 4 is 5.69 Å². The van der Waals surface area contributed by atoms with Crippen LogP contribution in [0.5, 0.6) is 0 Å². The Hall–Kier alpha value is -1.96. The maximum Gasteiger partial charge on any atom is 0.305 e. The first-order chi connectivity index (χ1) is 9.47. The van der Waals surface area contributed by atoms with Gasteiger partial charge >= 0.3 is 5.69 Å². The van der Waals surface area contributed by atoms with Gasteiger partial charge in [-0.25, -0.2) is 0 Å². The molecule has 0 aromatic heterocycles. The van der Waals surface area contributed by atoms with Gasteiger partial charge in [0.1, 0.15) is 0 Å². The second kappa shape index (κ2) is 5.58. The van der Waals surface area contributed by atoms with Crippen LogP contribution in [-0.2, 0) is 6.42 Å². The summed E-state index contributed by atoms with van der Waals surface area (Å²) in [7, 11) is 0. The molecule has 0 atom stereocenters. The van der Waals surface area contributed by atoms with Crippen molar-refractivity contribution in [2.75, 3.05) is 0 Å². The maximum absolute atomic E-state index is 14.1. The summed E-state index contributed by atoms with van der Waals surface area (Å²) in [5, 5.41) is 20.2. The summed E-state index contributed by atoms with van der Waals surface area (Å²) >= 11 is 0. The lowest BCUT2D eigenvalue weighted by molar-refractivity contribution is -0.387. The Balaban J connectivity index is 2.27. The zero-order chi connectivity index (χ0) is 14.8. The van der Waals surface area contributed by atoms with E-state index in [4.69, 9.17) is 0 Å².